The summed E-state index contributed by atoms with van der Waals surface area (Å²) in [6.45, 7) is 0. The number of pyridine rings is 1. The van der Waals surface area contributed by atoms with Gasteiger partial charge in [0, 0.05) is 23.4 Å². The van der Waals surface area contributed by atoms with Gasteiger partial charge in [0.2, 0.25) is 0 Å². The van der Waals surface area contributed by atoms with Crippen LogP contribution in [0.4, 0.5) is 10.1 Å². The Hall–Kier alpha value is -1.66. The fourth-order valence-electron chi connectivity index (χ4n) is 1.27. The Morgan fingerprint density at radius 3 is 2.56 bits per heavy atom. The molecule has 18 heavy (non-hydrogen) atoms. The van der Waals surface area contributed by atoms with Crippen LogP contribution >= 0.6 is 23.4 Å². The lowest BCUT2D eigenvalue weighted by Gasteiger charge is -2.05. The van der Waals surface area contributed by atoms with Gasteiger partial charge in [0.05, 0.1) is 20.9 Å². The Kier molecular flexibility index (Phi) is 3.78. The minimum atomic E-state index is -0.712. The molecule has 1 heterocycles. The molecule has 2 aromatic rings. The molecule has 0 saturated carbocycles. The van der Waals surface area contributed by atoms with Gasteiger partial charge < -0.3 is 0 Å². The van der Waals surface area contributed by atoms with Crippen LogP contribution < -0.4 is 0 Å². The average molecular weight is 285 g/mol. The van der Waals surface area contributed by atoms with Gasteiger partial charge in [0.25, 0.3) is 5.69 Å². The van der Waals surface area contributed by atoms with Gasteiger partial charge in [-0.2, -0.15) is 0 Å². The van der Waals surface area contributed by atoms with Gasteiger partial charge >= 0.3 is 0 Å². The third-order valence-electron chi connectivity index (χ3n) is 2.06. The summed E-state index contributed by atoms with van der Waals surface area (Å²) in [5, 5.41) is 10.6. The van der Waals surface area contributed by atoms with E-state index in [0.717, 1.165) is 28.8 Å². The molecule has 0 amide bonds. The molecule has 0 spiro atoms. The van der Waals surface area contributed by atoms with Crippen LogP contribution in [-0.4, -0.2) is 9.91 Å². The van der Waals surface area contributed by atoms with E-state index in [4.69, 9.17) is 11.6 Å². The molecular weight excluding hydrogens is 279 g/mol. The average Bonchev–Trinajstić information content (AvgIpc) is 2.34. The van der Waals surface area contributed by atoms with Gasteiger partial charge in [-0.25, -0.2) is 4.39 Å². The van der Waals surface area contributed by atoms with E-state index in [0.29, 0.717) is 0 Å². The molecular formula is C11H6ClFN2O2S. The Morgan fingerprint density at radius 2 is 2.00 bits per heavy atom. The van der Waals surface area contributed by atoms with Crippen LogP contribution in [0.15, 0.2) is 46.5 Å². The number of nitro benzene ring substituents is 1. The standard InChI is InChI=1S/C11H6ClFN2O2S/c12-9-5-7(15(16)17)6-10(13)11(9)18-8-1-3-14-4-2-8/h1-6H. The molecule has 0 fully saturated rings. The Labute approximate surface area is 111 Å². The van der Waals surface area contributed by atoms with Crippen molar-refractivity contribution in [2.75, 3.05) is 0 Å². The van der Waals surface area contributed by atoms with Crippen molar-refractivity contribution >= 4 is 29.1 Å². The molecule has 0 atom stereocenters. The van der Waals surface area contributed by atoms with Gasteiger partial charge in [-0.05, 0) is 12.1 Å². The van der Waals surface area contributed by atoms with Crippen molar-refractivity contribution in [2.24, 2.45) is 0 Å². The highest BCUT2D eigenvalue weighted by Crippen LogP contribution is 2.37. The predicted molar refractivity (Wildman–Crippen MR) is 66.4 cm³/mol. The summed E-state index contributed by atoms with van der Waals surface area (Å²) < 4.78 is 13.7. The molecule has 92 valence electrons. The Morgan fingerprint density at radius 1 is 1.33 bits per heavy atom. The van der Waals surface area contributed by atoms with Gasteiger partial charge in [-0.1, -0.05) is 23.4 Å². The molecule has 0 aliphatic carbocycles. The zero-order valence-corrected chi connectivity index (χ0v) is 10.4. The monoisotopic (exact) mass is 284 g/mol. The van der Waals surface area contributed by atoms with Gasteiger partial charge in [-0.3, -0.25) is 15.1 Å². The second kappa shape index (κ2) is 5.32. The van der Waals surface area contributed by atoms with Crippen LogP contribution in [-0.2, 0) is 0 Å². The molecule has 0 bridgehead atoms. The zero-order valence-electron chi connectivity index (χ0n) is 8.84. The maximum absolute atomic E-state index is 13.7. The summed E-state index contributed by atoms with van der Waals surface area (Å²) in [4.78, 5) is 14.6. The maximum Gasteiger partial charge on any atom is 0.273 e. The number of benzene rings is 1. The fraction of sp³-hybridized carbons (Fsp3) is 0. The van der Waals surface area contributed by atoms with Crippen LogP contribution in [0.5, 0.6) is 0 Å². The fourth-order valence-corrected chi connectivity index (χ4v) is 2.40. The summed E-state index contributed by atoms with van der Waals surface area (Å²) in [5.74, 6) is -0.712. The molecule has 1 aromatic carbocycles. The highest BCUT2D eigenvalue weighted by Gasteiger charge is 2.16. The van der Waals surface area contributed by atoms with Crippen molar-refractivity contribution in [3.8, 4) is 0 Å². The van der Waals surface area contributed by atoms with Crippen molar-refractivity contribution < 1.29 is 9.31 Å². The third-order valence-corrected chi connectivity index (χ3v) is 3.60. The van der Waals surface area contributed by atoms with E-state index in [9.17, 15) is 14.5 Å². The molecule has 0 saturated heterocycles. The third kappa shape index (κ3) is 2.77. The highest BCUT2D eigenvalue weighted by atomic mass is 35.5. The van der Waals surface area contributed by atoms with E-state index in [1.165, 1.54) is 0 Å². The lowest BCUT2D eigenvalue weighted by atomic mass is 10.3. The smallest absolute Gasteiger partial charge is 0.265 e. The van der Waals surface area contributed by atoms with E-state index in [2.05, 4.69) is 4.98 Å². The summed E-state index contributed by atoms with van der Waals surface area (Å²) >= 11 is 6.94. The van der Waals surface area contributed by atoms with Crippen LogP contribution in [0.25, 0.3) is 0 Å². The second-order valence-corrected chi connectivity index (χ2v) is 4.77. The van der Waals surface area contributed by atoms with E-state index in [-0.39, 0.29) is 15.6 Å². The maximum atomic E-state index is 13.7. The van der Waals surface area contributed by atoms with Gasteiger partial charge in [-0.15, -0.1) is 0 Å². The number of halogens is 2. The summed E-state index contributed by atoms with van der Waals surface area (Å²) in [6.07, 6.45) is 3.14. The zero-order chi connectivity index (χ0) is 13.1. The molecule has 0 aliphatic heterocycles. The Bertz CT molecular complexity index is 572. The number of aromatic nitrogens is 1. The lowest BCUT2D eigenvalue weighted by molar-refractivity contribution is -0.385. The summed E-state index contributed by atoms with van der Waals surface area (Å²) in [7, 11) is 0. The first-order valence-corrected chi connectivity index (χ1v) is 5.98. The molecule has 0 radical (unpaired) electrons. The van der Waals surface area contributed by atoms with Crippen molar-refractivity contribution in [2.45, 2.75) is 9.79 Å². The molecule has 2 rings (SSSR count). The number of hydrogen-bond acceptors (Lipinski definition) is 4. The van der Waals surface area contributed by atoms with Crippen LogP contribution in [0, 0.1) is 15.9 Å². The predicted octanol–water partition coefficient (Wildman–Crippen LogP) is 3.93. The molecule has 7 heteroatoms. The lowest BCUT2D eigenvalue weighted by Crippen LogP contribution is -1.91. The van der Waals surface area contributed by atoms with E-state index in [1.54, 1.807) is 24.5 Å². The van der Waals surface area contributed by atoms with Crippen molar-refractivity contribution in [1.29, 1.82) is 0 Å². The van der Waals surface area contributed by atoms with E-state index < -0.39 is 10.7 Å². The number of nitrogens with zero attached hydrogens (tertiary/aromatic N) is 2. The second-order valence-electron chi connectivity index (χ2n) is 3.28. The first kappa shape index (κ1) is 12.8. The first-order valence-electron chi connectivity index (χ1n) is 4.79. The van der Waals surface area contributed by atoms with Crippen LogP contribution in [0.3, 0.4) is 0 Å². The Balaban J connectivity index is 2.37. The normalized spacial score (nSPS) is 10.3. The van der Waals surface area contributed by atoms with E-state index in [1.807, 2.05) is 0 Å². The van der Waals surface area contributed by atoms with Gasteiger partial charge in [0.15, 0.2) is 0 Å². The highest BCUT2D eigenvalue weighted by molar-refractivity contribution is 7.99. The quantitative estimate of drug-likeness (QED) is 0.633. The SMILES string of the molecule is O=[N+]([O-])c1cc(F)c(Sc2ccncc2)c(Cl)c1. The summed E-state index contributed by atoms with van der Waals surface area (Å²) in [6, 6.07) is 5.38. The molecule has 0 aliphatic rings. The van der Waals surface area contributed by atoms with Crippen LogP contribution in [0.1, 0.15) is 0 Å². The largest absolute Gasteiger partial charge is 0.273 e. The van der Waals surface area contributed by atoms with Gasteiger partial charge in [0.1, 0.15) is 5.82 Å². The molecule has 0 N–H and O–H groups in total. The number of rotatable bonds is 3. The van der Waals surface area contributed by atoms with Crippen LogP contribution in [0.2, 0.25) is 5.02 Å². The molecule has 0 unspecified atom stereocenters. The molecule has 4 nitrogen and oxygen atoms in total. The molecule has 1 aromatic heterocycles. The summed E-state index contributed by atoms with van der Waals surface area (Å²) in [5.41, 5.74) is -0.364. The van der Waals surface area contributed by atoms with E-state index >= 15 is 0 Å². The number of nitro groups is 1. The number of hydrogen-bond donors (Lipinski definition) is 0. The van der Waals surface area contributed by atoms with Crippen molar-refractivity contribution in [3.05, 3.63) is 57.6 Å². The number of non-ortho nitro benzene ring substituents is 1. The first-order chi connectivity index (χ1) is 8.58. The topological polar surface area (TPSA) is 56.0 Å². The van der Waals surface area contributed by atoms with Crippen molar-refractivity contribution in [1.82, 2.24) is 4.98 Å². The van der Waals surface area contributed by atoms with Crippen molar-refractivity contribution in [3.63, 3.8) is 0 Å². The minimum Gasteiger partial charge on any atom is -0.265 e. The minimum absolute atomic E-state index is 0.0171.